The molecule has 0 spiro atoms. The summed E-state index contributed by atoms with van der Waals surface area (Å²) >= 11 is 0. The number of benzene rings is 1. The predicted molar refractivity (Wildman–Crippen MR) is 123 cm³/mol. The summed E-state index contributed by atoms with van der Waals surface area (Å²) in [7, 11) is 3.24. The summed E-state index contributed by atoms with van der Waals surface area (Å²) in [6.45, 7) is 9.37. The van der Waals surface area contributed by atoms with Gasteiger partial charge in [-0.25, -0.2) is 0 Å². The Morgan fingerprint density at radius 1 is 1.16 bits per heavy atom. The number of hydrogen-bond acceptors (Lipinski definition) is 7. The minimum Gasteiger partial charge on any atom is -0.494 e. The van der Waals surface area contributed by atoms with Crippen molar-refractivity contribution in [3.63, 3.8) is 0 Å². The van der Waals surface area contributed by atoms with Gasteiger partial charge >= 0.3 is 11.9 Å². The van der Waals surface area contributed by atoms with Gasteiger partial charge in [0.1, 0.15) is 24.0 Å². The average Bonchev–Trinajstić information content (AvgIpc) is 2.69. The number of ether oxygens (including phenoxy) is 3. The lowest BCUT2D eigenvalue weighted by Crippen LogP contribution is -2.49. The third-order valence-corrected chi connectivity index (χ3v) is 4.48. The number of hydrogen-bond donors (Lipinski definition) is 1. The van der Waals surface area contributed by atoms with Crippen LogP contribution in [-0.2, 0) is 23.9 Å². The first kappa shape index (κ1) is 27.4. The van der Waals surface area contributed by atoms with E-state index in [1.54, 1.807) is 34.9 Å². The van der Waals surface area contributed by atoms with Gasteiger partial charge in [-0.2, -0.15) is 0 Å². The Labute approximate surface area is 191 Å². The molecule has 32 heavy (non-hydrogen) atoms. The van der Waals surface area contributed by atoms with Crippen molar-refractivity contribution in [3.8, 4) is 5.75 Å². The Balaban J connectivity index is 3.10. The molecule has 1 rings (SSSR count). The summed E-state index contributed by atoms with van der Waals surface area (Å²) in [6, 6.07) is 6.54. The summed E-state index contributed by atoms with van der Waals surface area (Å²) in [5, 5.41) is 3.08. The zero-order chi connectivity index (χ0) is 24.3. The second-order valence-corrected chi connectivity index (χ2v) is 8.86. The van der Waals surface area contributed by atoms with Crippen LogP contribution in [0.15, 0.2) is 24.3 Å². The molecular formula is C24H38N2O6. The maximum atomic E-state index is 13.0. The highest BCUT2D eigenvalue weighted by molar-refractivity contribution is 5.82. The first-order valence-electron chi connectivity index (χ1n) is 11.0. The lowest BCUT2D eigenvalue weighted by molar-refractivity contribution is -0.157. The third-order valence-electron chi connectivity index (χ3n) is 4.48. The molecule has 0 heterocycles. The standard InChI is InChI=1S/C24H38N2O6/c1-8-9-13-30-19-12-10-11-18(14-19)20(23(29)32-24(3,4)5)15-25-21(16-31-17(2)27)22(28)26(6)7/h10-12,14,20-21,25H,8-9,13,15-16H2,1-7H3. The molecular weight excluding hydrogens is 412 g/mol. The second-order valence-electron chi connectivity index (χ2n) is 8.86. The smallest absolute Gasteiger partial charge is 0.315 e. The normalized spacial score (nSPS) is 13.1. The fourth-order valence-corrected chi connectivity index (χ4v) is 2.86. The van der Waals surface area contributed by atoms with Crippen molar-refractivity contribution in [2.75, 3.05) is 33.9 Å². The van der Waals surface area contributed by atoms with Gasteiger partial charge in [-0.1, -0.05) is 25.5 Å². The monoisotopic (exact) mass is 450 g/mol. The maximum absolute atomic E-state index is 13.0. The lowest BCUT2D eigenvalue weighted by Gasteiger charge is -2.27. The van der Waals surface area contributed by atoms with Crippen LogP contribution in [0.2, 0.25) is 0 Å². The van der Waals surface area contributed by atoms with Gasteiger partial charge in [0.15, 0.2) is 0 Å². The number of unbranched alkanes of at least 4 members (excludes halogenated alkanes) is 1. The van der Waals surface area contributed by atoms with Crippen molar-refractivity contribution in [3.05, 3.63) is 29.8 Å². The number of nitrogens with one attached hydrogen (secondary N) is 1. The Bertz CT molecular complexity index is 757. The van der Waals surface area contributed by atoms with Crippen molar-refractivity contribution >= 4 is 17.8 Å². The summed E-state index contributed by atoms with van der Waals surface area (Å²) in [6.07, 6.45) is 1.96. The zero-order valence-electron chi connectivity index (χ0n) is 20.4. The van der Waals surface area contributed by atoms with Gasteiger partial charge in [-0.05, 0) is 44.9 Å². The minimum atomic E-state index is -0.789. The molecule has 1 amide bonds. The topological polar surface area (TPSA) is 94.2 Å². The quantitative estimate of drug-likeness (QED) is 0.386. The van der Waals surface area contributed by atoms with Crippen molar-refractivity contribution in [2.45, 2.75) is 65.0 Å². The minimum absolute atomic E-state index is 0.124. The van der Waals surface area contributed by atoms with Crippen LogP contribution < -0.4 is 10.1 Å². The Kier molecular flexibility index (Phi) is 11.2. The van der Waals surface area contributed by atoms with Gasteiger partial charge in [0, 0.05) is 27.6 Å². The number of nitrogens with zero attached hydrogens (tertiary/aromatic N) is 1. The SMILES string of the molecule is CCCCOc1cccc(C(CNC(COC(C)=O)C(=O)N(C)C)C(=O)OC(C)(C)C)c1. The Morgan fingerprint density at radius 3 is 2.41 bits per heavy atom. The number of likely N-dealkylation sites (N-methyl/N-ethyl adjacent to an activating group) is 1. The number of rotatable bonds is 12. The van der Waals surface area contributed by atoms with Crippen molar-refractivity contribution in [1.29, 1.82) is 0 Å². The lowest BCUT2D eigenvalue weighted by atomic mass is 9.98. The van der Waals surface area contributed by atoms with E-state index in [0.717, 1.165) is 12.8 Å². The highest BCUT2D eigenvalue weighted by atomic mass is 16.6. The molecule has 0 bridgehead atoms. The molecule has 0 aliphatic carbocycles. The molecule has 0 saturated heterocycles. The van der Waals surface area contributed by atoms with Gasteiger partial charge in [0.2, 0.25) is 5.91 Å². The highest BCUT2D eigenvalue weighted by Gasteiger charge is 2.30. The van der Waals surface area contributed by atoms with Crippen LogP contribution in [0.4, 0.5) is 0 Å². The van der Waals surface area contributed by atoms with Crippen LogP contribution in [0, 0.1) is 0 Å². The zero-order valence-corrected chi connectivity index (χ0v) is 20.4. The van der Waals surface area contributed by atoms with Crippen LogP contribution in [0.3, 0.4) is 0 Å². The van der Waals surface area contributed by atoms with E-state index in [4.69, 9.17) is 14.2 Å². The van der Waals surface area contributed by atoms with E-state index < -0.39 is 29.5 Å². The van der Waals surface area contributed by atoms with Crippen LogP contribution in [0.5, 0.6) is 5.75 Å². The van der Waals surface area contributed by atoms with Crippen molar-refractivity contribution < 1.29 is 28.6 Å². The fraction of sp³-hybridized carbons (Fsp3) is 0.625. The summed E-state index contributed by atoms with van der Waals surface area (Å²) in [5.41, 5.74) is 0.0468. The van der Waals surface area contributed by atoms with E-state index in [9.17, 15) is 14.4 Å². The van der Waals surface area contributed by atoms with Crippen molar-refractivity contribution in [1.82, 2.24) is 10.2 Å². The molecule has 2 atom stereocenters. The second kappa shape index (κ2) is 13.1. The fourth-order valence-electron chi connectivity index (χ4n) is 2.86. The highest BCUT2D eigenvalue weighted by Crippen LogP contribution is 2.24. The van der Waals surface area contributed by atoms with E-state index in [-0.39, 0.29) is 19.1 Å². The molecule has 1 aromatic rings. The first-order valence-corrected chi connectivity index (χ1v) is 11.0. The first-order chi connectivity index (χ1) is 14.9. The van der Waals surface area contributed by atoms with E-state index >= 15 is 0 Å². The predicted octanol–water partition coefficient (Wildman–Crippen LogP) is 2.90. The van der Waals surface area contributed by atoms with Crippen molar-refractivity contribution in [2.24, 2.45) is 0 Å². The van der Waals surface area contributed by atoms with Gasteiger partial charge in [-0.15, -0.1) is 0 Å². The molecule has 1 N–H and O–H groups in total. The summed E-state index contributed by atoms with van der Waals surface area (Å²) in [4.78, 5) is 38.2. The molecule has 1 aromatic carbocycles. The molecule has 8 heteroatoms. The molecule has 0 aliphatic rings. The number of carbonyl (C=O) groups is 3. The van der Waals surface area contributed by atoms with E-state index in [1.807, 2.05) is 24.3 Å². The van der Waals surface area contributed by atoms with Crippen LogP contribution in [0.1, 0.15) is 58.9 Å². The van der Waals surface area contributed by atoms with E-state index in [2.05, 4.69) is 12.2 Å². The van der Waals surface area contributed by atoms with Gasteiger partial charge in [0.05, 0.1) is 12.5 Å². The largest absolute Gasteiger partial charge is 0.494 e. The van der Waals surface area contributed by atoms with E-state index in [0.29, 0.717) is 17.9 Å². The third kappa shape index (κ3) is 10.1. The summed E-state index contributed by atoms with van der Waals surface area (Å²) in [5.74, 6) is -1.17. The number of amides is 1. The maximum Gasteiger partial charge on any atom is 0.315 e. The van der Waals surface area contributed by atoms with Crippen LogP contribution in [-0.4, -0.2) is 68.2 Å². The van der Waals surface area contributed by atoms with E-state index in [1.165, 1.54) is 11.8 Å². The molecule has 0 saturated carbocycles. The van der Waals surface area contributed by atoms with Gasteiger partial charge in [-0.3, -0.25) is 14.4 Å². The molecule has 180 valence electrons. The Morgan fingerprint density at radius 2 is 1.84 bits per heavy atom. The Hall–Kier alpha value is -2.61. The molecule has 0 aromatic heterocycles. The van der Waals surface area contributed by atoms with Crippen LogP contribution in [0.25, 0.3) is 0 Å². The molecule has 2 unspecified atom stereocenters. The molecule has 0 aliphatic heterocycles. The molecule has 0 fully saturated rings. The molecule has 8 nitrogen and oxygen atoms in total. The number of esters is 2. The molecule has 0 radical (unpaired) electrons. The van der Waals surface area contributed by atoms with Gasteiger partial charge < -0.3 is 24.4 Å². The van der Waals surface area contributed by atoms with Crippen LogP contribution >= 0.6 is 0 Å². The average molecular weight is 451 g/mol. The van der Waals surface area contributed by atoms with Gasteiger partial charge in [0.25, 0.3) is 0 Å². The number of carbonyl (C=O) groups excluding carboxylic acids is 3. The summed E-state index contributed by atoms with van der Waals surface area (Å²) < 4.78 is 16.5.